The number of hydrogen-bond acceptors (Lipinski definition) is 4. The van der Waals surface area contributed by atoms with Crippen LogP contribution in [0.5, 0.6) is 11.5 Å². The molecule has 2 aliphatic heterocycles. The molecule has 0 unspecified atom stereocenters. The lowest BCUT2D eigenvalue weighted by molar-refractivity contribution is -0.00100. The van der Waals surface area contributed by atoms with Crippen molar-refractivity contribution in [3.63, 3.8) is 0 Å². The summed E-state index contributed by atoms with van der Waals surface area (Å²) >= 11 is 0. The predicted octanol–water partition coefficient (Wildman–Crippen LogP) is -2.44. The molecule has 1 fully saturated rings. The number of halogens is 2. The molecule has 2 heterocycles. The van der Waals surface area contributed by atoms with Crippen LogP contribution in [-0.4, -0.2) is 50.8 Å². The molecule has 0 N–H and O–H groups in total. The van der Waals surface area contributed by atoms with E-state index in [9.17, 15) is 0 Å². The van der Waals surface area contributed by atoms with Crippen LogP contribution in [0.3, 0.4) is 0 Å². The van der Waals surface area contributed by atoms with E-state index in [-0.39, 0.29) is 24.8 Å². The monoisotopic (exact) mass is 388 g/mol. The number of likely N-dealkylation sites (tertiary alicyclic amines) is 1. The minimum Gasteiger partial charge on any atom is -1.00 e. The van der Waals surface area contributed by atoms with Crippen LogP contribution in [0.1, 0.15) is 39.0 Å². The van der Waals surface area contributed by atoms with Gasteiger partial charge in [-0.15, -0.1) is 0 Å². The van der Waals surface area contributed by atoms with Gasteiger partial charge in [0.1, 0.15) is 13.2 Å². The summed E-state index contributed by atoms with van der Waals surface area (Å²) < 4.78 is 11.4. The van der Waals surface area contributed by atoms with Crippen LogP contribution in [0.4, 0.5) is 5.69 Å². The van der Waals surface area contributed by atoms with Gasteiger partial charge < -0.3 is 44.1 Å². The molecule has 0 radical (unpaired) electrons. The van der Waals surface area contributed by atoms with Gasteiger partial charge in [0.05, 0.1) is 0 Å². The van der Waals surface area contributed by atoms with Crippen molar-refractivity contribution in [1.29, 1.82) is 0 Å². The fourth-order valence-corrected chi connectivity index (χ4v) is 3.39. The molecule has 0 amide bonds. The Balaban J connectivity index is 0.00000156. The van der Waals surface area contributed by atoms with Crippen LogP contribution in [0, 0.1) is 0 Å². The standard InChI is InChI=1S/C19H30N2O2.2ClH/c1-2-3-11-21(13-12-20-9-5-4-6-10-20)17-7-8-18-19(16-17)23-15-14-22-18;;/h7-8,16H,2-6,9-15H2,1H3;2*1H/p-2. The molecule has 0 saturated carbocycles. The van der Waals surface area contributed by atoms with E-state index in [0.29, 0.717) is 13.2 Å². The van der Waals surface area contributed by atoms with Gasteiger partial charge in [-0.2, -0.15) is 0 Å². The Labute approximate surface area is 164 Å². The Bertz CT molecular complexity index is 496. The minimum atomic E-state index is 0. The first kappa shape index (κ1) is 22.2. The number of benzene rings is 1. The number of rotatable bonds is 7. The zero-order chi connectivity index (χ0) is 15.9. The maximum Gasteiger partial charge on any atom is 0.163 e. The third kappa shape index (κ3) is 6.43. The Kier molecular flexibility index (Phi) is 10.4. The Morgan fingerprint density at radius 1 is 0.960 bits per heavy atom. The van der Waals surface area contributed by atoms with Crippen LogP contribution >= 0.6 is 0 Å². The Hall–Kier alpha value is -0.840. The molecule has 0 aliphatic carbocycles. The molecule has 4 nitrogen and oxygen atoms in total. The third-order valence-corrected chi connectivity index (χ3v) is 4.81. The second-order valence-corrected chi connectivity index (χ2v) is 6.57. The fraction of sp³-hybridized carbons (Fsp3) is 0.684. The molecule has 1 aromatic carbocycles. The number of unbranched alkanes of at least 4 members (excludes halogenated alkanes) is 1. The highest BCUT2D eigenvalue weighted by Gasteiger charge is 2.16. The smallest absolute Gasteiger partial charge is 0.163 e. The summed E-state index contributed by atoms with van der Waals surface area (Å²) in [6.07, 6.45) is 6.58. The molecular weight excluding hydrogens is 359 g/mol. The number of nitrogens with zero attached hydrogens (tertiary/aromatic N) is 2. The molecule has 0 bridgehead atoms. The van der Waals surface area contributed by atoms with Crippen molar-refractivity contribution in [2.45, 2.75) is 39.0 Å². The second kappa shape index (κ2) is 11.7. The number of fused-ring (bicyclic) bond motifs is 1. The topological polar surface area (TPSA) is 24.9 Å². The summed E-state index contributed by atoms with van der Waals surface area (Å²) in [7, 11) is 0. The van der Waals surface area contributed by atoms with Crippen LogP contribution in [0.15, 0.2) is 18.2 Å². The molecule has 2 aliphatic rings. The molecule has 0 spiro atoms. The first-order valence-corrected chi connectivity index (χ1v) is 9.24. The second-order valence-electron chi connectivity index (χ2n) is 6.57. The number of piperidine rings is 1. The molecule has 6 heteroatoms. The molecule has 0 aromatic heterocycles. The SMILES string of the molecule is CCCCN(CCN1CCCCC1)c1ccc2c(c1)OCCO2.[Cl-].[Cl-]. The van der Waals surface area contributed by atoms with E-state index in [1.54, 1.807) is 0 Å². The van der Waals surface area contributed by atoms with Gasteiger partial charge >= 0.3 is 0 Å². The summed E-state index contributed by atoms with van der Waals surface area (Å²) in [5.74, 6) is 1.78. The van der Waals surface area contributed by atoms with Crippen molar-refractivity contribution < 1.29 is 34.3 Å². The third-order valence-electron chi connectivity index (χ3n) is 4.81. The summed E-state index contributed by atoms with van der Waals surface area (Å²) in [4.78, 5) is 5.12. The highest BCUT2D eigenvalue weighted by atomic mass is 35.5. The normalized spacial score (nSPS) is 16.5. The van der Waals surface area contributed by atoms with Gasteiger partial charge in [0.2, 0.25) is 0 Å². The van der Waals surface area contributed by atoms with Gasteiger partial charge in [-0.3, -0.25) is 0 Å². The van der Waals surface area contributed by atoms with E-state index in [2.05, 4.69) is 34.9 Å². The molecule has 25 heavy (non-hydrogen) atoms. The van der Waals surface area contributed by atoms with Crippen molar-refractivity contribution in [2.75, 3.05) is 50.8 Å². The van der Waals surface area contributed by atoms with Crippen molar-refractivity contribution in [2.24, 2.45) is 0 Å². The van der Waals surface area contributed by atoms with Crippen LogP contribution < -0.4 is 39.2 Å². The van der Waals surface area contributed by atoms with Gasteiger partial charge in [0, 0.05) is 31.4 Å². The van der Waals surface area contributed by atoms with E-state index in [4.69, 9.17) is 9.47 Å². The van der Waals surface area contributed by atoms with E-state index < -0.39 is 0 Å². The van der Waals surface area contributed by atoms with E-state index in [0.717, 1.165) is 31.1 Å². The molecule has 0 atom stereocenters. The summed E-state index contributed by atoms with van der Waals surface area (Å²) in [5, 5.41) is 0. The number of hydrogen-bond donors (Lipinski definition) is 0. The molecule has 1 aromatic rings. The van der Waals surface area contributed by atoms with Gasteiger partial charge in [0.15, 0.2) is 11.5 Å². The lowest BCUT2D eigenvalue weighted by Crippen LogP contribution is -3.00. The van der Waals surface area contributed by atoms with Gasteiger partial charge in [-0.05, 0) is 44.5 Å². The van der Waals surface area contributed by atoms with Crippen LogP contribution in [0.2, 0.25) is 0 Å². The van der Waals surface area contributed by atoms with Crippen molar-refractivity contribution in [3.8, 4) is 11.5 Å². The maximum atomic E-state index is 5.75. The number of ether oxygens (including phenoxy) is 2. The highest BCUT2D eigenvalue weighted by Crippen LogP contribution is 2.34. The van der Waals surface area contributed by atoms with E-state index in [1.807, 2.05) is 0 Å². The highest BCUT2D eigenvalue weighted by molar-refractivity contribution is 5.56. The summed E-state index contributed by atoms with van der Waals surface area (Å²) in [6, 6.07) is 6.39. The number of anilines is 1. The lowest BCUT2D eigenvalue weighted by Gasteiger charge is -2.31. The van der Waals surface area contributed by atoms with Crippen molar-refractivity contribution in [3.05, 3.63) is 18.2 Å². The quantitative estimate of drug-likeness (QED) is 0.518. The Morgan fingerprint density at radius 3 is 2.40 bits per heavy atom. The van der Waals surface area contributed by atoms with Crippen molar-refractivity contribution >= 4 is 5.69 Å². The van der Waals surface area contributed by atoms with E-state index in [1.165, 1.54) is 50.9 Å². The molecule has 1 saturated heterocycles. The average Bonchev–Trinajstić information content (AvgIpc) is 2.62. The van der Waals surface area contributed by atoms with Crippen molar-refractivity contribution in [1.82, 2.24) is 4.90 Å². The summed E-state index contributed by atoms with van der Waals surface area (Å²) in [5.41, 5.74) is 1.26. The Morgan fingerprint density at radius 2 is 1.68 bits per heavy atom. The first-order chi connectivity index (χ1) is 11.4. The molecule has 144 valence electrons. The van der Waals surface area contributed by atoms with E-state index >= 15 is 0 Å². The first-order valence-electron chi connectivity index (χ1n) is 9.24. The van der Waals surface area contributed by atoms with Gasteiger partial charge in [-0.25, -0.2) is 0 Å². The molecule has 3 rings (SSSR count). The zero-order valence-corrected chi connectivity index (χ0v) is 16.7. The van der Waals surface area contributed by atoms with Crippen LogP contribution in [-0.2, 0) is 0 Å². The minimum absolute atomic E-state index is 0. The van der Waals surface area contributed by atoms with Gasteiger partial charge in [0.25, 0.3) is 0 Å². The largest absolute Gasteiger partial charge is 1.00 e. The van der Waals surface area contributed by atoms with Crippen LogP contribution in [0.25, 0.3) is 0 Å². The fourth-order valence-electron chi connectivity index (χ4n) is 3.39. The van der Waals surface area contributed by atoms with Gasteiger partial charge in [-0.1, -0.05) is 19.8 Å². The lowest BCUT2D eigenvalue weighted by atomic mass is 10.1. The zero-order valence-electron chi connectivity index (χ0n) is 15.2. The maximum absolute atomic E-state index is 5.75. The average molecular weight is 389 g/mol. The molecular formula is C19H30Cl2N2O2-2. The summed E-state index contributed by atoms with van der Waals surface area (Å²) in [6.45, 7) is 9.47. The predicted molar refractivity (Wildman–Crippen MR) is 94.8 cm³/mol.